The average molecular weight is 595 g/mol. The summed E-state index contributed by atoms with van der Waals surface area (Å²) >= 11 is 5.39. The normalized spacial score (nSPS) is 31.8. The summed E-state index contributed by atoms with van der Waals surface area (Å²) < 4.78 is -0.737. The number of halogens is 1. The number of hydrogen-bond acceptors (Lipinski definition) is 5. The number of nitrogens with one attached hydrogen (secondary N) is 2. The van der Waals surface area contributed by atoms with E-state index in [9.17, 15) is 19.5 Å². The maximum absolute atomic E-state index is 14.2. The number of benzene rings is 1. The highest BCUT2D eigenvalue weighted by atomic mass is 79.9. The van der Waals surface area contributed by atoms with Gasteiger partial charge in [-0.2, -0.15) is 0 Å². The van der Waals surface area contributed by atoms with Crippen LogP contribution in [0.25, 0.3) is 0 Å². The maximum atomic E-state index is 14.2. The molecule has 0 saturated carbocycles. The lowest BCUT2D eigenvalue weighted by molar-refractivity contribution is -0.143. The zero-order valence-electron chi connectivity index (χ0n) is 22.6. The van der Waals surface area contributed by atoms with Crippen LogP contribution in [0.5, 0.6) is 0 Å². The number of aliphatic hydroxyl groups excluding tert-OH is 1. The fourth-order valence-corrected chi connectivity index (χ4v) is 10.7. The van der Waals surface area contributed by atoms with Crippen molar-refractivity contribution in [3.63, 3.8) is 0 Å². The summed E-state index contributed by atoms with van der Waals surface area (Å²) in [5, 5.41) is 16.5. The lowest BCUT2D eigenvalue weighted by Gasteiger charge is -2.40. The standard InChI is InChI=1S/C28H40BrN3O4S/c1-26(2,3)15-27(4,5)31-24(35)22-28-13-18(29)21(37-28)19(23(34)30-6)20(28)25(36)32(22)17(14-33)12-16-10-8-7-9-11-16/h7-11,17-22,33H,12-15H2,1-6H3,(H,30,34)(H,31,35)/t17-,18?,19+,20+,21+,22?,28?/m1/s1. The van der Waals surface area contributed by atoms with Crippen molar-refractivity contribution in [1.29, 1.82) is 0 Å². The van der Waals surface area contributed by atoms with Gasteiger partial charge in [-0.25, -0.2) is 0 Å². The number of nitrogens with zero attached hydrogens (tertiary/aromatic N) is 1. The Morgan fingerprint density at radius 3 is 2.41 bits per heavy atom. The van der Waals surface area contributed by atoms with Gasteiger partial charge in [0.15, 0.2) is 0 Å². The van der Waals surface area contributed by atoms with Crippen LogP contribution in [0.4, 0.5) is 0 Å². The van der Waals surface area contributed by atoms with Crippen molar-refractivity contribution in [2.45, 2.75) is 86.3 Å². The molecule has 3 amide bonds. The van der Waals surface area contributed by atoms with E-state index >= 15 is 0 Å². The van der Waals surface area contributed by atoms with Crippen molar-refractivity contribution in [3.8, 4) is 0 Å². The van der Waals surface area contributed by atoms with Crippen molar-refractivity contribution < 1.29 is 19.5 Å². The van der Waals surface area contributed by atoms with Crippen molar-refractivity contribution in [2.75, 3.05) is 13.7 Å². The minimum Gasteiger partial charge on any atom is -0.394 e. The average Bonchev–Trinajstić information content (AvgIpc) is 3.39. The molecule has 1 aromatic rings. The first-order valence-corrected chi connectivity index (χ1v) is 14.9. The quantitative estimate of drug-likeness (QED) is 0.402. The highest BCUT2D eigenvalue weighted by Crippen LogP contribution is 2.68. The van der Waals surface area contributed by atoms with Crippen LogP contribution in [0.3, 0.4) is 0 Å². The van der Waals surface area contributed by atoms with Gasteiger partial charge in [-0.1, -0.05) is 67.0 Å². The minimum atomic E-state index is -0.783. The fourth-order valence-electron chi connectivity index (χ4n) is 7.14. The van der Waals surface area contributed by atoms with E-state index in [1.807, 2.05) is 44.2 Å². The minimum absolute atomic E-state index is 0.00441. The number of thioether (sulfide) groups is 1. The maximum Gasteiger partial charge on any atom is 0.244 e. The lowest BCUT2D eigenvalue weighted by atomic mass is 9.70. The van der Waals surface area contributed by atoms with Gasteiger partial charge in [0.25, 0.3) is 0 Å². The van der Waals surface area contributed by atoms with Crippen LogP contribution in [-0.2, 0) is 20.8 Å². The number of fused-ring (bicyclic) bond motifs is 1. The molecule has 0 radical (unpaired) electrons. The topological polar surface area (TPSA) is 98.7 Å². The molecule has 7 atom stereocenters. The smallest absolute Gasteiger partial charge is 0.244 e. The molecule has 1 aromatic carbocycles. The lowest BCUT2D eigenvalue weighted by Crippen LogP contribution is -2.60. The molecule has 3 fully saturated rings. The molecule has 3 saturated heterocycles. The Labute approximate surface area is 233 Å². The molecule has 0 aliphatic carbocycles. The predicted octanol–water partition coefficient (Wildman–Crippen LogP) is 3.13. The highest BCUT2D eigenvalue weighted by molar-refractivity contribution is 9.09. The van der Waals surface area contributed by atoms with E-state index in [1.54, 1.807) is 23.7 Å². The van der Waals surface area contributed by atoms with Gasteiger partial charge in [-0.3, -0.25) is 14.4 Å². The third-order valence-corrected chi connectivity index (χ3v) is 11.1. The Morgan fingerprint density at radius 2 is 1.84 bits per heavy atom. The van der Waals surface area contributed by atoms with E-state index in [0.29, 0.717) is 12.8 Å². The van der Waals surface area contributed by atoms with Gasteiger partial charge in [0.1, 0.15) is 6.04 Å². The molecule has 3 aliphatic rings. The van der Waals surface area contributed by atoms with Crippen LogP contribution in [0, 0.1) is 17.3 Å². The Hall–Kier alpha value is -1.58. The second-order valence-electron chi connectivity index (χ2n) is 12.7. The van der Waals surface area contributed by atoms with Crippen molar-refractivity contribution in [2.24, 2.45) is 17.3 Å². The van der Waals surface area contributed by atoms with E-state index < -0.39 is 34.2 Å². The van der Waals surface area contributed by atoms with Crippen LogP contribution in [0.2, 0.25) is 0 Å². The van der Waals surface area contributed by atoms with Crippen LogP contribution in [0.15, 0.2) is 30.3 Å². The predicted molar refractivity (Wildman–Crippen MR) is 150 cm³/mol. The SMILES string of the molecule is CNC(=O)[C@H]1[C@H]2C(=O)N([C@@H](CO)Cc3ccccc3)C(C(=O)NC(C)(C)CC(C)(C)C)C23CC(Br)[C@@H]1S3. The summed E-state index contributed by atoms with van der Waals surface area (Å²) in [6.07, 6.45) is 1.80. The molecule has 4 rings (SSSR count). The van der Waals surface area contributed by atoms with E-state index in [2.05, 4.69) is 47.3 Å². The molecule has 2 bridgehead atoms. The molecule has 7 nitrogen and oxygen atoms in total. The number of carbonyl (C=O) groups excluding carboxylic acids is 3. The summed E-state index contributed by atoms with van der Waals surface area (Å²) in [6, 6.07) is 8.35. The largest absolute Gasteiger partial charge is 0.394 e. The molecule has 9 heteroatoms. The Morgan fingerprint density at radius 1 is 1.19 bits per heavy atom. The van der Waals surface area contributed by atoms with Gasteiger partial charge in [-0.05, 0) is 44.1 Å². The molecule has 37 heavy (non-hydrogen) atoms. The summed E-state index contributed by atoms with van der Waals surface area (Å²) in [4.78, 5) is 43.2. The molecule has 1 spiro atoms. The van der Waals surface area contributed by atoms with Gasteiger partial charge < -0.3 is 20.6 Å². The first-order chi connectivity index (χ1) is 17.2. The van der Waals surface area contributed by atoms with Gasteiger partial charge in [0.05, 0.1) is 29.2 Å². The summed E-state index contributed by atoms with van der Waals surface area (Å²) in [6.45, 7) is 10.2. The summed E-state index contributed by atoms with van der Waals surface area (Å²) in [7, 11) is 1.59. The van der Waals surface area contributed by atoms with Gasteiger partial charge in [0.2, 0.25) is 17.7 Å². The zero-order chi connectivity index (χ0) is 27.3. The first kappa shape index (κ1) is 28.4. The zero-order valence-corrected chi connectivity index (χ0v) is 25.0. The second-order valence-corrected chi connectivity index (χ2v) is 15.4. The van der Waals surface area contributed by atoms with Crippen molar-refractivity contribution in [1.82, 2.24) is 15.5 Å². The van der Waals surface area contributed by atoms with E-state index in [-0.39, 0.29) is 39.8 Å². The molecule has 204 valence electrons. The van der Waals surface area contributed by atoms with Crippen molar-refractivity contribution in [3.05, 3.63) is 35.9 Å². The second kappa shape index (κ2) is 10.2. The molecule has 3 aliphatic heterocycles. The Kier molecular flexibility index (Phi) is 7.83. The molecular formula is C28H40BrN3O4S. The van der Waals surface area contributed by atoms with Gasteiger partial charge in [0, 0.05) is 22.7 Å². The fraction of sp³-hybridized carbons (Fsp3) is 0.679. The first-order valence-electron chi connectivity index (χ1n) is 13.1. The number of rotatable bonds is 8. The highest BCUT2D eigenvalue weighted by Gasteiger charge is 2.76. The third-order valence-electron chi connectivity index (χ3n) is 7.88. The van der Waals surface area contributed by atoms with Gasteiger partial charge in [-0.15, -0.1) is 11.8 Å². The molecule has 3 unspecified atom stereocenters. The monoisotopic (exact) mass is 593 g/mol. The van der Waals surface area contributed by atoms with Crippen molar-refractivity contribution >= 4 is 45.4 Å². The van der Waals surface area contributed by atoms with E-state index in [0.717, 1.165) is 12.0 Å². The Balaban J connectivity index is 1.76. The summed E-state index contributed by atoms with van der Waals surface area (Å²) in [5.41, 5.74) is 0.479. The number of carbonyl (C=O) groups is 3. The van der Waals surface area contributed by atoms with Crippen LogP contribution < -0.4 is 10.6 Å². The van der Waals surface area contributed by atoms with Crippen LogP contribution in [-0.4, -0.2) is 73.8 Å². The molecule has 3 N–H and O–H groups in total. The van der Waals surface area contributed by atoms with E-state index in [1.165, 1.54) is 0 Å². The molecular weight excluding hydrogens is 554 g/mol. The number of hydrogen-bond donors (Lipinski definition) is 3. The number of aliphatic hydroxyl groups is 1. The van der Waals surface area contributed by atoms with Gasteiger partial charge >= 0.3 is 0 Å². The van der Waals surface area contributed by atoms with Crippen LogP contribution >= 0.6 is 27.7 Å². The third kappa shape index (κ3) is 5.20. The number of likely N-dealkylation sites (tertiary alicyclic amines) is 1. The summed E-state index contributed by atoms with van der Waals surface area (Å²) in [5.74, 6) is -1.71. The molecule has 3 heterocycles. The number of amides is 3. The van der Waals surface area contributed by atoms with E-state index in [4.69, 9.17) is 0 Å². The van der Waals surface area contributed by atoms with Crippen LogP contribution in [0.1, 0.15) is 53.0 Å². The molecule has 0 aromatic heterocycles. The Bertz CT molecular complexity index is 1050. The number of alkyl halides is 1.